The van der Waals surface area contributed by atoms with Gasteiger partial charge in [-0.3, -0.25) is 9.59 Å². The number of hydrogen-bond donors (Lipinski definition) is 3. The molecule has 2 rings (SSSR count). The first-order valence-electron chi connectivity index (χ1n) is 8.73. The van der Waals surface area contributed by atoms with Crippen molar-refractivity contribution in [2.45, 2.75) is 6.42 Å². The third-order valence-corrected chi connectivity index (χ3v) is 4.30. The molecule has 0 fully saturated rings. The predicted octanol–water partition coefficient (Wildman–Crippen LogP) is 1.16. The molecule has 2 aromatic rings. The number of ether oxygens (including phenoxy) is 1. The zero-order valence-corrected chi connectivity index (χ0v) is 16.3. The molecule has 0 aromatic heterocycles. The van der Waals surface area contributed by atoms with Gasteiger partial charge in [0.2, 0.25) is 0 Å². The van der Waals surface area contributed by atoms with Crippen LogP contribution in [0, 0.1) is 0 Å². The van der Waals surface area contributed by atoms with Crippen LogP contribution < -0.4 is 20.3 Å². The van der Waals surface area contributed by atoms with Crippen LogP contribution in [0.15, 0.2) is 48.5 Å². The summed E-state index contributed by atoms with van der Waals surface area (Å²) in [6.45, 7) is 0.944. The fourth-order valence-corrected chi connectivity index (χ4v) is 2.75. The van der Waals surface area contributed by atoms with Crippen molar-refractivity contribution in [3.63, 3.8) is 0 Å². The quantitative estimate of drug-likeness (QED) is 0.601. The van der Waals surface area contributed by atoms with Gasteiger partial charge in [0.1, 0.15) is 5.75 Å². The maximum absolute atomic E-state index is 12.1. The van der Waals surface area contributed by atoms with Crippen molar-refractivity contribution in [1.82, 2.24) is 5.32 Å². The summed E-state index contributed by atoms with van der Waals surface area (Å²) in [7, 11) is 3.43. The van der Waals surface area contributed by atoms with Crippen molar-refractivity contribution in [3.05, 3.63) is 59.1 Å². The Hall–Kier alpha value is -2.57. The van der Waals surface area contributed by atoms with E-state index in [0.717, 1.165) is 22.6 Å². The molecule has 7 heteroatoms. The van der Waals surface area contributed by atoms with Crippen LogP contribution in [0.1, 0.15) is 5.56 Å². The average molecular weight is 391 g/mol. The Morgan fingerprint density at radius 3 is 2.37 bits per heavy atom. The van der Waals surface area contributed by atoms with E-state index in [0.29, 0.717) is 17.3 Å². The lowest BCUT2D eigenvalue weighted by Crippen LogP contribution is -3.11. The summed E-state index contributed by atoms with van der Waals surface area (Å²) in [5.74, 6) is 0.529. The van der Waals surface area contributed by atoms with Crippen molar-refractivity contribution in [2.24, 2.45) is 0 Å². The standard InChI is InChI=1S/C20H24ClN3O3/c1-24(14-20(26)23-18-6-4-3-5-17(18)21)13-19(25)22-12-11-15-7-9-16(27-2)10-8-15/h3-10H,11-14H2,1-2H3,(H,22,25)(H,23,26)/p+1. The van der Waals surface area contributed by atoms with Crippen molar-refractivity contribution in [1.29, 1.82) is 0 Å². The Labute approximate surface area is 164 Å². The number of carbonyl (C=O) groups excluding carboxylic acids is 2. The van der Waals surface area contributed by atoms with Crippen LogP contribution in [-0.4, -0.2) is 45.6 Å². The molecule has 0 heterocycles. The molecule has 0 saturated heterocycles. The number of carbonyl (C=O) groups is 2. The molecular formula is C20H25ClN3O3+. The maximum Gasteiger partial charge on any atom is 0.279 e. The summed E-state index contributed by atoms with van der Waals surface area (Å²) in [6.07, 6.45) is 0.738. The van der Waals surface area contributed by atoms with Crippen LogP contribution in [0.25, 0.3) is 0 Å². The number of methoxy groups -OCH3 is 1. The normalized spacial score (nSPS) is 11.5. The number of nitrogens with one attached hydrogen (secondary N) is 3. The number of rotatable bonds is 9. The largest absolute Gasteiger partial charge is 0.497 e. The van der Waals surface area contributed by atoms with Crippen LogP contribution >= 0.6 is 11.6 Å². The van der Waals surface area contributed by atoms with Gasteiger partial charge < -0.3 is 20.3 Å². The van der Waals surface area contributed by atoms with Gasteiger partial charge in [0, 0.05) is 6.54 Å². The summed E-state index contributed by atoms with van der Waals surface area (Å²) < 4.78 is 5.12. The number of quaternary nitrogens is 1. The van der Waals surface area contributed by atoms with Crippen LogP contribution in [-0.2, 0) is 16.0 Å². The monoisotopic (exact) mass is 390 g/mol. The van der Waals surface area contributed by atoms with Crippen LogP contribution in [0.3, 0.4) is 0 Å². The molecule has 0 radical (unpaired) electrons. The van der Waals surface area contributed by atoms with E-state index in [1.165, 1.54) is 0 Å². The first kappa shape index (κ1) is 20.7. The number of anilines is 1. The van der Waals surface area contributed by atoms with Gasteiger partial charge in [-0.05, 0) is 36.2 Å². The van der Waals surface area contributed by atoms with Crippen molar-refractivity contribution in [3.8, 4) is 5.75 Å². The summed E-state index contributed by atoms with van der Waals surface area (Å²) in [4.78, 5) is 24.9. The lowest BCUT2D eigenvalue weighted by molar-refractivity contribution is -0.862. The second kappa shape index (κ2) is 10.5. The Bertz CT molecular complexity index is 765. The van der Waals surface area contributed by atoms with E-state index in [4.69, 9.17) is 16.3 Å². The average Bonchev–Trinajstić information content (AvgIpc) is 2.64. The van der Waals surface area contributed by atoms with E-state index in [-0.39, 0.29) is 24.9 Å². The number of benzene rings is 2. The van der Waals surface area contributed by atoms with E-state index >= 15 is 0 Å². The molecule has 2 aromatic carbocycles. The molecule has 1 atom stereocenters. The molecule has 0 saturated carbocycles. The second-order valence-corrected chi connectivity index (χ2v) is 6.69. The van der Waals surface area contributed by atoms with Crippen LogP contribution in [0.4, 0.5) is 5.69 Å². The molecule has 6 nitrogen and oxygen atoms in total. The SMILES string of the molecule is COc1ccc(CCNC(=O)C[NH+](C)CC(=O)Nc2ccccc2Cl)cc1. The minimum Gasteiger partial charge on any atom is -0.497 e. The first-order valence-corrected chi connectivity index (χ1v) is 9.11. The van der Waals surface area contributed by atoms with Crippen molar-refractivity contribution >= 4 is 29.1 Å². The summed E-state index contributed by atoms with van der Waals surface area (Å²) in [5.41, 5.74) is 1.69. The van der Waals surface area contributed by atoms with E-state index in [1.54, 1.807) is 38.4 Å². The highest BCUT2D eigenvalue weighted by atomic mass is 35.5. The van der Waals surface area contributed by atoms with E-state index < -0.39 is 0 Å². The molecule has 27 heavy (non-hydrogen) atoms. The lowest BCUT2D eigenvalue weighted by atomic mass is 10.1. The van der Waals surface area contributed by atoms with Crippen LogP contribution in [0.2, 0.25) is 5.02 Å². The molecule has 1 unspecified atom stereocenters. The topological polar surface area (TPSA) is 71.9 Å². The fourth-order valence-electron chi connectivity index (χ4n) is 2.57. The number of halogens is 1. The van der Waals surface area contributed by atoms with Gasteiger partial charge in [-0.15, -0.1) is 0 Å². The van der Waals surface area contributed by atoms with Gasteiger partial charge in [0.15, 0.2) is 13.1 Å². The van der Waals surface area contributed by atoms with Gasteiger partial charge in [-0.2, -0.15) is 0 Å². The second-order valence-electron chi connectivity index (χ2n) is 6.29. The number of para-hydroxylation sites is 1. The molecule has 0 spiro atoms. The Morgan fingerprint density at radius 2 is 1.70 bits per heavy atom. The molecule has 2 amide bonds. The minimum atomic E-state index is -0.188. The molecule has 0 aliphatic rings. The number of amides is 2. The van der Waals surface area contributed by atoms with E-state index in [2.05, 4.69) is 10.6 Å². The summed E-state index contributed by atoms with van der Waals surface area (Å²) in [5, 5.41) is 6.12. The fraction of sp³-hybridized carbons (Fsp3) is 0.300. The highest BCUT2D eigenvalue weighted by Crippen LogP contribution is 2.19. The zero-order valence-electron chi connectivity index (χ0n) is 15.5. The molecular weight excluding hydrogens is 366 g/mol. The zero-order chi connectivity index (χ0) is 19.6. The van der Waals surface area contributed by atoms with Gasteiger partial charge in [-0.25, -0.2) is 0 Å². The highest BCUT2D eigenvalue weighted by Gasteiger charge is 2.14. The predicted molar refractivity (Wildman–Crippen MR) is 106 cm³/mol. The van der Waals surface area contributed by atoms with Crippen molar-refractivity contribution < 1.29 is 19.2 Å². The van der Waals surface area contributed by atoms with Gasteiger partial charge in [0.05, 0.1) is 24.9 Å². The molecule has 0 bridgehead atoms. The minimum absolute atomic E-state index is 0.0912. The van der Waals surface area contributed by atoms with Gasteiger partial charge >= 0.3 is 0 Å². The molecule has 0 aliphatic carbocycles. The lowest BCUT2D eigenvalue weighted by Gasteiger charge is -2.14. The van der Waals surface area contributed by atoms with Crippen LogP contribution in [0.5, 0.6) is 5.75 Å². The Morgan fingerprint density at radius 1 is 1.04 bits per heavy atom. The number of hydrogen-bond acceptors (Lipinski definition) is 3. The number of likely N-dealkylation sites (N-methyl/N-ethyl adjacent to an activating group) is 1. The van der Waals surface area contributed by atoms with Crippen molar-refractivity contribution in [2.75, 3.05) is 39.1 Å². The Kier molecular flexibility index (Phi) is 8.10. The smallest absolute Gasteiger partial charge is 0.279 e. The Balaban J connectivity index is 1.68. The van der Waals surface area contributed by atoms with Gasteiger partial charge in [-0.1, -0.05) is 35.9 Å². The third-order valence-electron chi connectivity index (χ3n) is 3.97. The van der Waals surface area contributed by atoms with E-state index in [9.17, 15) is 9.59 Å². The van der Waals surface area contributed by atoms with Gasteiger partial charge in [0.25, 0.3) is 11.8 Å². The first-order chi connectivity index (χ1) is 13.0. The third kappa shape index (κ3) is 7.29. The summed E-state index contributed by atoms with van der Waals surface area (Å²) >= 11 is 6.02. The van der Waals surface area contributed by atoms with E-state index in [1.807, 2.05) is 24.3 Å². The molecule has 144 valence electrons. The summed E-state index contributed by atoms with van der Waals surface area (Å²) in [6, 6.07) is 14.8. The highest BCUT2D eigenvalue weighted by molar-refractivity contribution is 6.33. The maximum atomic E-state index is 12.1. The molecule has 0 aliphatic heterocycles. The molecule has 3 N–H and O–H groups in total.